The van der Waals surface area contributed by atoms with Crippen LogP contribution in [0.15, 0.2) is 59.9 Å². The molecule has 0 spiro atoms. The van der Waals surface area contributed by atoms with Gasteiger partial charge in [0, 0.05) is 42.7 Å². The molecular formula is C32H35N7O4. The Bertz CT molecular complexity index is 1610. The van der Waals surface area contributed by atoms with Gasteiger partial charge in [0.1, 0.15) is 6.23 Å². The number of aromatic nitrogens is 2. The number of fused-ring (bicyclic) bond motifs is 2. The average molecular weight is 582 g/mol. The first-order chi connectivity index (χ1) is 20.9. The fourth-order valence-electron chi connectivity index (χ4n) is 6.19. The number of aliphatic hydroxyl groups excluding tert-OH is 1. The molecule has 0 bridgehead atoms. The highest BCUT2D eigenvalue weighted by Gasteiger charge is 2.44. The largest absolute Gasteiger partial charge is 0.404 e. The molecule has 43 heavy (non-hydrogen) atoms. The van der Waals surface area contributed by atoms with Crippen molar-refractivity contribution in [2.75, 3.05) is 11.9 Å². The Balaban J connectivity index is 0.982. The number of hydrogen-bond donors (Lipinski definition) is 4. The number of nitrogens with zero attached hydrogens (tertiary/aromatic N) is 4. The number of benzene rings is 2. The van der Waals surface area contributed by atoms with Crippen LogP contribution in [0.5, 0.6) is 0 Å². The van der Waals surface area contributed by atoms with Crippen LogP contribution < -0.4 is 16.4 Å². The van der Waals surface area contributed by atoms with Gasteiger partial charge in [0.25, 0.3) is 11.8 Å². The fraction of sp³-hybridized carbons (Fsp3) is 0.375. The summed E-state index contributed by atoms with van der Waals surface area (Å²) in [5.41, 5.74) is 10.4. The number of amides is 3. The van der Waals surface area contributed by atoms with Gasteiger partial charge in [-0.2, -0.15) is 0 Å². The average Bonchev–Trinajstić information content (AvgIpc) is 3.26. The van der Waals surface area contributed by atoms with Crippen molar-refractivity contribution in [2.45, 2.75) is 63.3 Å². The maximum atomic E-state index is 13.1. The van der Waals surface area contributed by atoms with Crippen LogP contribution in [0.2, 0.25) is 0 Å². The predicted molar refractivity (Wildman–Crippen MR) is 163 cm³/mol. The lowest BCUT2D eigenvalue weighted by Crippen LogP contribution is -2.57. The highest BCUT2D eigenvalue weighted by atomic mass is 16.3. The summed E-state index contributed by atoms with van der Waals surface area (Å²) in [7, 11) is 0. The van der Waals surface area contributed by atoms with Crippen molar-refractivity contribution in [1.82, 2.24) is 20.2 Å². The smallest absolute Gasteiger partial charge is 0.262 e. The number of nitrogens with one attached hydrogen (secondary N) is 2. The molecule has 6 rings (SSSR count). The molecule has 3 aliphatic rings. The quantitative estimate of drug-likeness (QED) is 0.233. The van der Waals surface area contributed by atoms with E-state index in [9.17, 15) is 19.5 Å². The molecule has 1 saturated heterocycles. The van der Waals surface area contributed by atoms with E-state index in [0.717, 1.165) is 65.8 Å². The number of aliphatic hydroxyl groups is 1. The van der Waals surface area contributed by atoms with E-state index in [0.29, 0.717) is 22.7 Å². The van der Waals surface area contributed by atoms with E-state index in [1.807, 2.05) is 30.5 Å². The Kier molecular flexibility index (Phi) is 8.15. The third kappa shape index (κ3) is 5.98. The van der Waals surface area contributed by atoms with Crippen molar-refractivity contribution in [2.24, 2.45) is 16.6 Å². The molecule has 222 valence electrons. The van der Waals surface area contributed by atoms with E-state index in [1.165, 1.54) is 6.20 Å². The Labute approximate surface area is 249 Å². The number of para-hydroxylation sites is 2. The number of carbonyl (C=O) groups is 3. The lowest BCUT2D eigenvalue weighted by molar-refractivity contribution is -0.129. The van der Waals surface area contributed by atoms with Gasteiger partial charge in [-0.05, 0) is 74.8 Å². The third-order valence-electron chi connectivity index (χ3n) is 8.64. The zero-order chi connectivity index (χ0) is 29.9. The Hall–Kier alpha value is -4.64. The van der Waals surface area contributed by atoms with E-state index >= 15 is 0 Å². The van der Waals surface area contributed by atoms with Crippen LogP contribution in [0.25, 0.3) is 16.6 Å². The SMILES string of the molecule is NC=C(C=NC1CCC(CCNc2ccc3c(c2)C(=O)N(C2CCC(=O)NC2O)C3=O)CC1)c1cnc2ccccc2n1. The molecule has 2 aliphatic heterocycles. The van der Waals surface area contributed by atoms with Gasteiger partial charge < -0.3 is 21.5 Å². The van der Waals surface area contributed by atoms with Gasteiger partial charge in [0.2, 0.25) is 5.91 Å². The van der Waals surface area contributed by atoms with Crippen LogP contribution in [-0.2, 0) is 4.79 Å². The molecule has 0 radical (unpaired) electrons. The van der Waals surface area contributed by atoms with Gasteiger partial charge in [-0.25, -0.2) is 4.98 Å². The number of anilines is 1. The molecule has 11 heteroatoms. The number of nitrogens with two attached hydrogens (primary N) is 1. The van der Waals surface area contributed by atoms with Crippen molar-refractivity contribution in [3.05, 3.63) is 71.7 Å². The van der Waals surface area contributed by atoms with Crippen molar-refractivity contribution in [3.63, 3.8) is 0 Å². The molecule has 3 aromatic rings. The minimum atomic E-state index is -1.26. The number of allylic oxidation sites excluding steroid dienone is 1. The van der Waals surface area contributed by atoms with Gasteiger partial charge in [-0.15, -0.1) is 0 Å². The lowest BCUT2D eigenvalue weighted by atomic mass is 9.84. The molecule has 2 atom stereocenters. The molecule has 3 heterocycles. The van der Waals surface area contributed by atoms with Gasteiger partial charge >= 0.3 is 0 Å². The second-order valence-electron chi connectivity index (χ2n) is 11.4. The summed E-state index contributed by atoms with van der Waals surface area (Å²) < 4.78 is 0. The van der Waals surface area contributed by atoms with Crippen LogP contribution in [0.1, 0.15) is 71.4 Å². The zero-order valence-electron chi connectivity index (χ0n) is 23.8. The molecule has 2 fully saturated rings. The number of imide groups is 1. The van der Waals surface area contributed by atoms with E-state index in [2.05, 4.69) is 20.6 Å². The minimum Gasteiger partial charge on any atom is -0.404 e. The Morgan fingerprint density at radius 1 is 1.05 bits per heavy atom. The molecule has 1 saturated carbocycles. The Morgan fingerprint density at radius 2 is 1.81 bits per heavy atom. The summed E-state index contributed by atoms with van der Waals surface area (Å²) in [6, 6.07) is 12.4. The first-order valence-electron chi connectivity index (χ1n) is 14.8. The van der Waals surface area contributed by atoms with E-state index in [1.54, 1.807) is 24.4 Å². The standard InChI is InChI=1S/C32H35N7O4/c33-16-20(27-18-36-25-3-1-2-4-26(25)37-27)17-35-21-7-5-19(6-8-21)13-14-34-22-9-10-23-24(15-22)32(43)39(31(23)42)28-11-12-29(40)38-30(28)41/h1-4,9-10,15-19,21,28,30,34,41H,5-8,11-14,33H2,(H,38,40). The first-order valence-corrected chi connectivity index (χ1v) is 14.8. The number of aliphatic imine (C=N–C) groups is 1. The zero-order valence-corrected chi connectivity index (χ0v) is 23.8. The van der Waals surface area contributed by atoms with Crippen molar-refractivity contribution >= 4 is 46.2 Å². The van der Waals surface area contributed by atoms with Crippen LogP contribution in [-0.4, -0.2) is 68.8 Å². The molecule has 3 amide bonds. The second-order valence-corrected chi connectivity index (χ2v) is 11.4. The summed E-state index contributed by atoms with van der Waals surface area (Å²) in [5.74, 6) is -0.599. The van der Waals surface area contributed by atoms with E-state index in [4.69, 9.17) is 10.7 Å². The number of piperidine rings is 1. The second kappa shape index (κ2) is 12.3. The van der Waals surface area contributed by atoms with E-state index in [-0.39, 0.29) is 24.8 Å². The fourth-order valence-corrected chi connectivity index (χ4v) is 6.19. The van der Waals surface area contributed by atoms with Crippen LogP contribution >= 0.6 is 0 Å². The highest BCUT2D eigenvalue weighted by molar-refractivity contribution is 6.22. The summed E-state index contributed by atoms with van der Waals surface area (Å²) >= 11 is 0. The molecule has 11 nitrogen and oxygen atoms in total. The number of rotatable bonds is 8. The first kappa shape index (κ1) is 28.5. The Morgan fingerprint density at radius 3 is 2.58 bits per heavy atom. The van der Waals surface area contributed by atoms with Crippen molar-refractivity contribution in [1.29, 1.82) is 0 Å². The van der Waals surface area contributed by atoms with Gasteiger partial charge in [-0.1, -0.05) is 12.1 Å². The molecule has 2 aromatic carbocycles. The number of carbonyl (C=O) groups excluding carboxylic acids is 3. The van der Waals surface area contributed by atoms with E-state index < -0.39 is 24.1 Å². The number of hydrogen-bond acceptors (Lipinski definition) is 9. The van der Waals surface area contributed by atoms with Gasteiger partial charge in [0.15, 0.2) is 0 Å². The van der Waals surface area contributed by atoms with Crippen LogP contribution in [0, 0.1) is 5.92 Å². The maximum absolute atomic E-state index is 13.1. The third-order valence-corrected chi connectivity index (χ3v) is 8.64. The van der Waals surface area contributed by atoms with Crippen molar-refractivity contribution in [3.8, 4) is 0 Å². The lowest BCUT2D eigenvalue weighted by Gasteiger charge is -2.33. The topological polar surface area (TPSA) is 163 Å². The molecular weight excluding hydrogens is 546 g/mol. The minimum absolute atomic E-state index is 0.155. The summed E-state index contributed by atoms with van der Waals surface area (Å²) in [6.45, 7) is 0.747. The summed E-state index contributed by atoms with van der Waals surface area (Å²) in [5, 5.41) is 16.1. The van der Waals surface area contributed by atoms with Gasteiger partial charge in [-0.3, -0.25) is 29.3 Å². The molecule has 1 aromatic heterocycles. The molecule has 5 N–H and O–H groups in total. The van der Waals surface area contributed by atoms with Crippen LogP contribution in [0.3, 0.4) is 0 Å². The highest BCUT2D eigenvalue weighted by Crippen LogP contribution is 2.32. The summed E-state index contributed by atoms with van der Waals surface area (Å²) in [6.07, 6.45) is 9.34. The summed E-state index contributed by atoms with van der Waals surface area (Å²) in [4.78, 5) is 52.7. The molecule has 1 aliphatic carbocycles. The normalized spacial score (nSPS) is 24.4. The maximum Gasteiger partial charge on any atom is 0.262 e. The van der Waals surface area contributed by atoms with Crippen LogP contribution in [0.4, 0.5) is 5.69 Å². The monoisotopic (exact) mass is 581 g/mol. The predicted octanol–water partition coefficient (Wildman–Crippen LogP) is 3.25. The van der Waals surface area contributed by atoms with Crippen molar-refractivity contribution < 1.29 is 19.5 Å². The van der Waals surface area contributed by atoms with Gasteiger partial charge in [0.05, 0.1) is 40.1 Å². The molecule has 2 unspecified atom stereocenters.